The van der Waals surface area contributed by atoms with Crippen molar-refractivity contribution in [3.05, 3.63) is 64.7 Å². The second kappa shape index (κ2) is 8.37. The van der Waals surface area contributed by atoms with E-state index in [1.807, 2.05) is 60.4 Å². The number of rotatable bonds is 4. The molecule has 2 aromatic carbocycles. The Morgan fingerprint density at radius 3 is 2.76 bits per heavy atom. The van der Waals surface area contributed by atoms with Gasteiger partial charge in [-0.15, -0.1) is 0 Å². The molecule has 4 nitrogen and oxygen atoms in total. The summed E-state index contributed by atoms with van der Waals surface area (Å²) in [6, 6.07) is 15.4. The Bertz CT molecular complexity index is 718. The van der Waals surface area contributed by atoms with Gasteiger partial charge in [0.25, 0.3) is 0 Å². The quantitative estimate of drug-likeness (QED) is 0.847. The van der Waals surface area contributed by atoms with Crippen LogP contribution in [-0.2, 0) is 11.3 Å². The number of likely N-dealkylation sites (tertiary alicyclic amines) is 1. The minimum Gasteiger partial charge on any atom is -0.372 e. The lowest BCUT2D eigenvalue weighted by atomic mass is 10.1. The van der Waals surface area contributed by atoms with Crippen molar-refractivity contribution in [2.24, 2.45) is 0 Å². The molecule has 1 heterocycles. The third-order valence-corrected chi connectivity index (χ3v) is 4.77. The SMILES string of the molecule is Cc1ccc(NC(=O)N2CCC[C@@H](OCc3ccccc3Cl)C2)cc1. The maximum Gasteiger partial charge on any atom is 0.321 e. The largest absolute Gasteiger partial charge is 0.372 e. The highest BCUT2D eigenvalue weighted by atomic mass is 35.5. The molecule has 25 heavy (non-hydrogen) atoms. The van der Waals surface area contributed by atoms with Crippen molar-refractivity contribution >= 4 is 23.3 Å². The van der Waals surface area contributed by atoms with Crippen molar-refractivity contribution in [1.29, 1.82) is 0 Å². The number of amides is 2. The molecule has 0 spiro atoms. The van der Waals surface area contributed by atoms with E-state index in [1.165, 1.54) is 5.56 Å². The van der Waals surface area contributed by atoms with Crippen molar-refractivity contribution in [2.45, 2.75) is 32.5 Å². The van der Waals surface area contributed by atoms with E-state index in [4.69, 9.17) is 16.3 Å². The predicted molar refractivity (Wildman–Crippen MR) is 101 cm³/mol. The van der Waals surface area contributed by atoms with E-state index in [2.05, 4.69) is 5.32 Å². The molecule has 5 heteroatoms. The van der Waals surface area contributed by atoms with Crippen LogP contribution in [0.3, 0.4) is 0 Å². The molecule has 0 radical (unpaired) electrons. The van der Waals surface area contributed by atoms with Gasteiger partial charge >= 0.3 is 6.03 Å². The summed E-state index contributed by atoms with van der Waals surface area (Å²) in [7, 11) is 0. The van der Waals surface area contributed by atoms with E-state index in [9.17, 15) is 4.79 Å². The molecule has 0 bridgehead atoms. The van der Waals surface area contributed by atoms with Gasteiger partial charge in [-0.05, 0) is 43.5 Å². The molecule has 2 aromatic rings. The summed E-state index contributed by atoms with van der Waals surface area (Å²) < 4.78 is 5.99. The van der Waals surface area contributed by atoms with Crippen molar-refractivity contribution in [1.82, 2.24) is 4.90 Å². The van der Waals surface area contributed by atoms with Crippen LogP contribution in [0.1, 0.15) is 24.0 Å². The van der Waals surface area contributed by atoms with Crippen LogP contribution in [0.4, 0.5) is 10.5 Å². The summed E-state index contributed by atoms with van der Waals surface area (Å²) in [6.45, 7) is 3.85. The molecule has 132 valence electrons. The molecule has 2 amide bonds. The number of hydrogen-bond donors (Lipinski definition) is 1. The Morgan fingerprint density at radius 1 is 1.24 bits per heavy atom. The van der Waals surface area contributed by atoms with E-state index in [0.717, 1.165) is 30.6 Å². The highest BCUT2D eigenvalue weighted by Crippen LogP contribution is 2.20. The third kappa shape index (κ3) is 4.97. The summed E-state index contributed by atoms with van der Waals surface area (Å²) in [4.78, 5) is 14.3. The maximum atomic E-state index is 12.5. The fraction of sp³-hybridized carbons (Fsp3) is 0.350. The molecular formula is C20H23ClN2O2. The number of aryl methyl sites for hydroxylation is 1. The molecule has 0 unspecified atom stereocenters. The number of anilines is 1. The van der Waals surface area contributed by atoms with Gasteiger partial charge in [-0.3, -0.25) is 0 Å². The van der Waals surface area contributed by atoms with E-state index in [-0.39, 0.29) is 12.1 Å². The zero-order valence-corrected chi connectivity index (χ0v) is 15.1. The smallest absolute Gasteiger partial charge is 0.321 e. The first-order valence-electron chi connectivity index (χ1n) is 8.59. The van der Waals surface area contributed by atoms with Gasteiger partial charge in [0.15, 0.2) is 0 Å². The van der Waals surface area contributed by atoms with Gasteiger partial charge in [-0.25, -0.2) is 4.79 Å². The number of carbonyl (C=O) groups excluding carboxylic acids is 1. The molecule has 1 fully saturated rings. The van der Waals surface area contributed by atoms with Crippen LogP contribution in [0.5, 0.6) is 0 Å². The predicted octanol–water partition coefficient (Wildman–Crippen LogP) is 4.86. The number of nitrogens with zero attached hydrogens (tertiary/aromatic N) is 1. The standard InChI is InChI=1S/C20H23ClN2O2/c1-15-8-10-17(11-9-15)22-20(24)23-12-4-6-18(13-23)25-14-16-5-2-3-7-19(16)21/h2-3,5,7-11,18H,4,6,12-14H2,1H3,(H,22,24)/t18-/m1/s1. The fourth-order valence-electron chi connectivity index (χ4n) is 2.92. The molecule has 1 atom stereocenters. The normalized spacial score (nSPS) is 17.4. The zero-order chi connectivity index (χ0) is 17.6. The molecule has 1 N–H and O–H groups in total. The number of carbonyl (C=O) groups is 1. The topological polar surface area (TPSA) is 41.6 Å². The number of hydrogen-bond acceptors (Lipinski definition) is 2. The summed E-state index contributed by atoms with van der Waals surface area (Å²) in [5, 5.41) is 3.67. The summed E-state index contributed by atoms with van der Waals surface area (Å²) in [5.74, 6) is 0. The summed E-state index contributed by atoms with van der Waals surface area (Å²) in [5.41, 5.74) is 2.96. The molecule has 1 saturated heterocycles. The average Bonchev–Trinajstić information content (AvgIpc) is 2.63. The molecule has 1 aliphatic heterocycles. The number of piperidine rings is 1. The van der Waals surface area contributed by atoms with E-state index >= 15 is 0 Å². The number of benzene rings is 2. The van der Waals surface area contributed by atoms with Gasteiger partial charge in [0.1, 0.15) is 0 Å². The van der Waals surface area contributed by atoms with Crippen LogP contribution < -0.4 is 5.32 Å². The maximum absolute atomic E-state index is 12.5. The van der Waals surface area contributed by atoms with Crippen LogP contribution in [0, 0.1) is 6.92 Å². The average molecular weight is 359 g/mol. The Hall–Kier alpha value is -2.04. The molecule has 0 saturated carbocycles. The second-order valence-corrected chi connectivity index (χ2v) is 6.82. The van der Waals surface area contributed by atoms with Crippen molar-refractivity contribution in [2.75, 3.05) is 18.4 Å². The van der Waals surface area contributed by atoms with Gasteiger partial charge in [-0.1, -0.05) is 47.5 Å². The van der Waals surface area contributed by atoms with Crippen molar-refractivity contribution < 1.29 is 9.53 Å². The number of ether oxygens (including phenoxy) is 1. The molecular weight excluding hydrogens is 336 g/mol. The van der Waals surface area contributed by atoms with Crippen LogP contribution in [0.15, 0.2) is 48.5 Å². The van der Waals surface area contributed by atoms with Crippen LogP contribution in [0.2, 0.25) is 5.02 Å². The van der Waals surface area contributed by atoms with Crippen molar-refractivity contribution in [3.63, 3.8) is 0 Å². The monoisotopic (exact) mass is 358 g/mol. The Morgan fingerprint density at radius 2 is 2.00 bits per heavy atom. The zero-order valence-electron chi connectivity index (χ0n) is 14.4. The molecule has 0 aromatic heterocycles. The minimum absolute atomic E-state index is 0.0359. The third-order valence-electron chi connectivity index (χ3n) is 4.40. The lowest BCUT2D eigenvalue weighted by molar-refractivity contribution is 0.00105. The highest BCUT2D eigenvalue weighted by Gasteiger charge is 2.24. The van der Waals surface area contributed by atoms with Crippen LogP contribution >= 0.6 is 11.6 Å². The minimum atomic E-state index is -0.0742. The van der Waals surface area contributed by atoms with Crippen molar-refractivity contribution in [3.8, 4) is 0 Å². The first kappa shape index (κ1) is 17.8. The van der Waals surface area contributed by atoms with E-state index in [0.29, 0.717) is 18.2 Å². The Kier molecular flexibility index (Phi) is 5.95. The number of halogens is 1. The van der Waals surface area contributed by atoms with Crippen LogP contribution in [-0.4, -0.2) is 30.1 Å². The molecule has 1 aliphatic rings. The van der Waals surface area contributed by atoms with Crippen LogP contribution in [0.25, 0.3) is 0 Å². The number of nitrogens with one attached hydrogen (secondary N) is 1. The Balaban J connectivity index is 1.52. The summed E-state index contributed by atoms with van der Waals surface area (Å²) in [6.07, 6.45) is 1.93. The Labute approximate surface area is 153 Å². The van der Waals surface area contributed by atoms with Gasteiger partial charge in [0, 0.05) is 23.8 Å². The van der Waals surface area contributed by atoms with E-state index in [1.54, 1.807) is 0 Å². The van der Waals surface area contributed by atoms with Gasteiger partial charge in [-0.2, -0.15) is 0 Å². The lowest BCUT2D eigenvalue weighted by Crippen LogP contribution is -2.45. The lowest BCUT2D eigenvalue weighted by Gasteiger charge is -2.32. The van der Waals surface area contributed by atoms with Gasteiger partial charge in [0.05, 0.1) is 12.7 Å². The number of urea groups is 1. The second-order valence-electron chi connectivity index (χ2n) is 6.41. The fourth-order valence-corrected chi connectivity index (χ4v) is 3.11. The van der Waals surface area contributed by atoms with Gasteiger partial charge < -0.3 is 15.0 Å². The van der Waals surface area contributed by atoms with Gasteiger partial charge in [0.2, 0.25) is 0 Å². The first-order chi connectivity index (χ1) is 12.1. The summed E-state index contributed by atoms with van der Waals surface area (Å²) >= 11 is 6.17. The first-order valence-corrected chi connectivity index (χ1v) is 8.97. The molecule has 3 rings (SSSR count). The van der Waals surface area contributed by atoms with E-state index < -0.39 is 0 Å². The highest BCUT2D eigenvalue weighted by molar-refractivity contribution is 6.31. The molecule has 0 aliphatic carbocycles.